The summed E-state index contributed by atoms with van der Waals surface area (Å²) in [6.45, 7) is 12.5. The average molecular weight is 438 g/mol. The molecule has 0 N–H and O–H groups in total. The monoisotopic (exact) mass is 437 g/mol. The van der Waals surface area contributed by atoms with Crippen LogP contribution in [0.25, 0.3) is 0 Å². The van der Waals surface area contributed by atoms with Gasteiger partial charge in [-0.1, -0.05) is 29.1 Å². The molecule has 2 bridgehead atoms. The number of carbonyl (C=O) groups excluding carboxylic acids is 2. The minimum absolute atomic E-state index is 0.198. The van der Waals surface area contributed by atoms with Crippen molar-refractivity contribution in [2.24, 2.45) is 11.3 Å². The Morgan fingerprint density at radius 3 is 2.25 bits per heavy atom. The number of rotatable bonds is 3. The first-order chi connectivity index (χ1) is 14.9. The normalized spacial score (nSPS) is 21.8. The topological polar surface area (TPSA) is 103 Å². The molecule has 2 unspecified atom stereocenters. The lowest BCUT2D eigenvalue weighted by Crippen LogP contribution is -2.51. The highest BCUT2D eigenvalue weighted by molar-refractivity contribution is 5.71. The Morgan fingerprint density at radius 1 is 1.12 bits per heavy atom. The van der Waals surface area contributed by atoms with Gasteiger partial charge in [-0.05, 0) is 60.0 Å². The van der Waals surface area contributed by atoms with Crippen molar-refractivity contribution in [3.63, 3.8) is 0 Å². The quantitative estimate of drug-likeness (QED) is 0.371. The van der Waals surface area contributed by atoms with Crippen molar-refractivity contribution < 1.29 is 19.1 Å². The third-order valence-electron chi connectivity index (χ3n) is 5.82. The van der Waals surface area contributed by atoms with E-state index in [4.69, 9.17) is 9.47 Å². The van der Waals surface area contributed by atoms with Crippen LogP contribution in [0.4, 0.5) is 4.79 Å². The van der Waals surface area contributed by atoms with Gasteiger partial charge < -0.3 is 9.47 Å². The lowest BCUT2D eigenvalue weighted by Gasteiger charge is -2.42. The maximum Gasteiger partial charge on any atom is 0.411 e. The number of nitriles is 2. The van der Waals surface area contributed by atoms with Crippen LogP contribution in [-0.2, 0) is 14.3 Å². The van der Waals surface area contributed by atoms with Crippen molar-refractivity contribution in [1.82, 2.24) is 4.90 Å². The number of carbonyl (C=O) groups is 2. The zero-order chi connectivity index (χ0) is 24.3. The van der Waals surface area contributed by atoms with E-state index in [0.717, 1.165) is 17.6 Å². The van der Waals surface area contributed by atoms with Crippen LogP contribution in [0.5, 0.6) is 0 Å². The molecule has 1 fully saturated rings. The first-order valence-electron chi connectivity index (χ1n) is 10.7. The van der Waals surface area contributed by atoms with Crippen LogP contribution < -0.4 is 0 Å². The third kappa shape index (κ3) is 5.14. The molecule has 0 aromatic carbocycles. The number of amides is 1. The summed E-state index contributed by atoms with van der Waals surface area (Å²) in [5.74, 6) is 4.59. The van der Waals surface area contributed by atoms with Crippen LogP contribution in [0.15, 0.2) is 22.8 Å². The number of hydrogen-bond donors (Lipinski definition) is 0. The molecule has 0 aromatic heterocycles. The Labute approximate surface area is 190 Å². The van der Waals surface area contributed by atoms with Gasteiger partial charge in [0, 0.05) is 18.9 Å². The van der Waals surface area contributed by atoms with Crippen LogP contribution in [0.1, 0.15) is 61.3 Å². The van der Waals surface area contributed by atoms with E-state index in [0.29, 0.717) is 12.0 Å². The Bertz CT molecular complexity index is 973. The molecule has 32 heavy (non-hydrogen) atoms. The minimum atomic E-state index is -1.71. The largest absolute Gasteiger partial charge is 0.453 e. The number of allylic oxidation sites excluding steroid dienone is 1. The van der Waals surface area contributed by atoms with Crippen molar-refractivity contribution in [3.8, 4) is 24.0 Å². The van der Waals surface area contributed by atoms with Crippen LogP contribution in [0.3, 0.4) is 0 Å². The molecule has 1 saturated heterocycles. The highest BCUT2D eigenvalue weighted by Gasteiger charge is 2.52. The van der Waals surface area contributed by atoms with E-state index >= 15 is 0 Å². The van der Waals surface area contributed by atoms with Crippen LogP contribution in [0.2, 0.25) is 0 Å². The summed E-state index contributed by atoms with van der Waals surface area (Å²) in [5.41, 5.74) is 0.290. The zero-order valence-electron chi connectivity index (χ0n) is 19.9. The van der Waals surface area contributed by atoms with Gasteiger partial charge in [-0.15, -0.1) is 0 Å². The van der Waals surface area contributed by atoms with Crippen LogP contribution >= 0.6 is 0 Å². The standard InChI is InChI=1S/C25H31N3O4/c1-16(2)17(3)22-20(25(14-26,15-27)11-8-12-31-18(4)29)13-19-9-10-21(22)28(19)23(30)32-24(5,6)7/h13,19,21-22H,9-10,12H2,1-7H3/t19?,21?,22-/m1/s1. The van der Waals surface area contributed by atoms with Gasteiger partial charge in [-0.2, -0.15) is 10.5 Å². The second-order valence-electron chi connectivity index (χ2n) is 9.44. The second-order valence-corrected chi connectivity index (χ2v) is 9.44. The molecule has 3 atom stereocenters. The molecule has 7 heteroatoms. The summed E-state index contributed by atoms with van der Waals surface area (Å²) in [7, 11) is 0. The maximum absolute atomic E-state index is 13.0. The molecule has 170 valence electrons. The molecule has 2 rings (SSSR count). The van der Waals surface area contributed by atoms with Gasteiger partial charge in [0.2, 0.25) is 5.41 Å². The number of esters is 1. The Morgan fingerprint density at radius 2 is 1.75 bits per heavy atom. The first kappa shape index (κ1) is 25.0. The fourth-order valence-electron chi connectivity index (χ4n) is 4.24. The zero-order valence-corrected chi connectivity index (χ0v) is 19.9. The molecular weight excluding hydrogens is 406 g/mol. The number of ether oxygens (including phenoxy) is 2. The van der Waals surface area contributed by atoms with Gasteiger partial charge >= 0.3 is 12.1 Å². The summed E-state index contributed by atoms with van der Waals surface area (Å²) in [6.07, 6.45) is 2.89. The molecule has 2 aliphatic heterocycles. The summed E-state index contributed by atoms with van der Waals surface area (Å²) in [5, 5.41) is 20.1. The molecular formula is C25H31N3O4. The summed E-state index contributed by atoms with van der Waals surface area (Å²) >= 11 is 0. The third-order valence-corrected chi connectivity index (χ3v) is 5.82. The second kappa shape index (κ2) is 9.49. The summed E-state index contributed by atoms with van der Waals surface area (Å²) < 4.78 is 10.5. The van der Waals surface area contributed by atoms with Gasteiger partial charge in [-0.3, -0.25) is 9.69 Å². The Balaban J connectivity index is 2.60. The smallest absolute Gasteiger partial charge is 0.411 e. The number of nitrogens with zero attached hydrogens (tertiary/aromatic N) is 3. The van der Waals surface area contributed by atoms with Gasteiger partial charge in [0.1, 0.15) is 17.7 Å². The van der Waals surface area contributed by atoms with Gasteiger partial charge in [-0.25, -0.2) is 4.79 Å². The van der Waals surface area contributed by atoms with E-state index in [1.165, 1.54) is 6.92 Å². The highest BCUT2D eigenvalue weighted by Crippen LogP contribution is 2.48. The predicted octanol–water partition coefficient (Wildman–Crippen LogP) is 4.27. The van der Waals surface area contributed by atoms with Crippen LogP contribution in [-0.4, -0.2) is 41.3 Å². The molecule has 0 radical (unpaired) electrons. The summed E-state index contributed by atoms with van der Waals surface area (Å²) in [4.78, 5) is 25.8. The van der Waals surface area contributed by atoms with Crippen molar-refractivity contribution in [2.75, 3.05) is 6.61 Å². The minimum Gasteiger partial charge on any atom is -0.453 e. The number of hydrogen-bond acceptors (Lipinski definition) is 6. The fraction of sp³-hybridized carbons (Fsp3) is 0.600. The summed E-state index contributed by atoms with van der Waals surface area (Å²) in [6, 6.07) is 3.68. The van der Waals surface area contributed by atoms with Crippen LogP contribution in [0, 0.1) is 45.8 Å². The van der Waals surface area contributed by atoms with E-state index in [9.17, 15) is 20.1 Å². The van der Waals surface area contributed by atoms with Crippen molar-refractivity contribution in [2.45, 2.75) is 79.0 Å². The molecule has 0 spiro atoms. The Hall–Kier alpha value is -3.24. The molecule has 0 aliphatic carbocycles. The van der Waals surface area contributed by atoms with E-state index in [1.807, 2.05) is 47.6 Å². The molecule has 1 amide bonds. The molecule has 7 nitrogen and oxygen atoms in total. The predicted molar refractivity (Wildman–Crippen MR) is 119 cm³/mol. The molecule has 0 aromatic rings. The SMILES string of the molecule is CC(=O)OCC#CC(C#N)(C#N)C1=CC2CCC([C@@H]1C(C)=C(C)C)N2C(=O)OC(C)(C)C. The fourth-order valence-corrected chi connectivity index (χ4v) is 4.24. The van der Waals surface area contributed by atoms with Crippen molar-refractivity contribution >= 4 is 12.1 Å². The maximum atomic E-state index is 13.0. The first-order valence-corrected chi connectivity index (χ1v) is 10.7. The van der Waals surface area contributed by atoms with Gasteiger partial charge in [0.05, 0.1) is 6.04 Å². The van der Waals surface area contributed by atoms with E-state index in [-0.39, 0.29) is 24.6 Å². The molecule has 0 saturated carbocycles. The lowest BCUT2D eigenvalue weighted by atomic mass is 9.69. The number of fused-ring (bicyclic) bond motifs is 2. The van der Waals surface area contributed by atoms with Crippen molar-refractivity contribution in [3.05, 3.63) is 22.8 Å². The van der Waals surface area contributed by atoms with E-state index in [1.54, 1.807) is 4.90 Å². The van der Waals surface area contributed by atoms with Crippen molar-refractivity contribution in [1.29, 1.82) is 10.5 Å². The Kier molecular flexibility index (Phi) is 7.42. The molecule has 2 heterocycles. The van der Waals surface area contributed by atoms with Gasteiger partial charge in [0.25, 0.3) is 0 Å². The van der Waals surface area contributed by atoms with E-state index in [2.05, 4.69) is 24.0 Å². The molecule has 2 aliphatic rings. The highest BCUT2D eigenvalue weighted by atomic mass is 16.6. The van der Waals surface area contributed by atoms with Gasteiger partial charge in [0.15, 0.2) is 6.61 Å². The lowest BCUT2D eigenvalue weighted by molar-refractivity contribution is -0.139. The average Bonchev–Trinajstić information content (AvgIpc) is 3.01. The van der Waals surface area contributed by atoms with E-state index < -0.39 is 23.1 Å².